The molecule has 5 nitrogen and oxygen atoms in total. The Kier molecular flexibility index (Phi) is 3.24. The van der Waals surface area contributed by atoms with Gasteiger partial charge in [-0.2, -0.15) is 13.2 Å². The van der Waals surface area contributed by atoms with Crippen molar-refractivity contribution in [2.75, 3.05) is 5.32 Å². The van der Waals surface area contributed by atoms with Gasteiger partial charge in [-0.25, -0.2) is 9.78 Å². The van der Waals surface area contributed by atoms with E-state index in [0.29, 0.717) is 18.0 Å². The molecule has 1 heterocycles. The highest BCUT2D eigenvalue weighted by atomic mass is 19.4. The second kappa shape index (κ2) is 4.62. The molecule has 0 amide bonds. The molecule has 1 unspecified atom stereocenters. The summed E-state index contributed by atoms with van der Waals surface area (Å²) in [7, 11) is 0. The average Bonchev–Trinajstić information content (AvgIpc) is 2.37. The fourth-order valence-electron chi connectivity index (χ4n) is 1.52. The topological polar surface area (TPSA) is 75.1 Å². The molecule has 0 bridgehead atoms. The monoisotopic (exact) mass is 285 g/mol. The van der Waals surface area contributed by atoms with E-state index in [2.05, 4.69) is 9.97 Å². The quantitative estimate of drug-likeness (QED) is 0.906. The van der Waals surface area contributed by atoms with Crippen LogP contribution in [-0.2, 0) is 4.79 Å². The van der Waals surface area contributed by atoms with E-state index in [9.17, 15) is 18.0 Å². The molecule has 20 heavy (non-hydrogen) atoms. The van der Waals surface area contributed by atoms with Crippen LogP contribution in [0.4, 0.5) is 19.0 Å². The van der Waals surface area contributed by atoms with Crippen LogP contribution in [0.2, 0.25) is 0 Å². The number of benzene rings is 1. The van der Waals surface area contributed by atoms with Gasteiger partial charge in [-0.3, -0.25) is 4.98 Å². The van der Waals surface area contributed by atoms with E-state index in [1.807, 2.05) is 5.32 Å². The molecule has 1 atom stereocenters. The number of anilines is 1. The van der Waals surface area contributed by atoms with Crippen LogP contribution >= 0.6 is 0 Å². The highest BCUT2D eigenvalue weighted by Crippen LogP contribution is 2.33. The smallest absolute Gasteiger partial charge is 0.422 e. The van der Waals surface area contributed by atoms with Gasteiger partial charge in [0.15, 0.2) is 0 Å². The number of carboxylic acids is 1. The number of halogens is 3. The molecule has 106 valence electrons. The first kappa shape index (κ1) is 14.0. The van der Waals surface area contributed by atoms with Crippen LogP contribution in [0.3, 0.4) is 0 Å². The zero-order chi connectivity index (χ0) is 15.0. The summed E-state index contributed by atoms with van der Waals surface area (Å²) in [6.45, 7) is 0.534. The van der Waals surface area contributed by atoms with E-state index >= 15 is 0 Å². The van der Waals surface area contributed by atoms with Gasteiger partial charge in [0.2, 0.25) is 5.54 Å². The molecular weight excluding hydrogens is 275 g/mol. The number of rotatable bonds is 3. The van der Waals surface area contributed by atoms with Crippen LogP contribution < -0.4 is 5.32 Å². The largest absolute Gasteiger partial charge is 0.479 e. The maximum atomic E-state index is 12.9. The second-order valence-corrected chi connectivity index (χ2v) is 4.30. The molecule has 2 N–H and O–H groups in total. The number of fused-ring (bicyclic) bond motifs is 1. The Balaban J connectivity index is 2.41. The zero-order valence-electron chi connectivity index (χ0n) is 10.3. The summed E-state index contributed by atoms with van der Waals surface area (Å²) in [6, 6.07) is 6.58. The molecule has 0 spiro atoms. The van der Waals surface area contributed by atoms with Crippen LogP contribution in [0.5, 0.6) is 0 Å². The Morgan fingerprint density at radius 3 is 2.40 bits per heavy atom. The summed E-state index contributed by atoms with van der Waals surface area (Å²) in [5.74, 6) is -2.30. The molecule has 8 heteroatoms. The first-order valence-electron chi connectivity index (χ1n) is 5.54. The Hall–Kier alpha value is -2.38. The SMILES string of the molecule is CC(Nc1cnc2ccccc2n1)(C(=O)O)C(F)(F)F. The van der Waals surface area contributed by atoms with Crippen LogP contribution in [-0.4, -0.2) is 32.8 Å². The number of nitrogens with one attached hydrogen (secondary N) is 1. The lowest BCUT2D eigenvalue weighted by atomic mass is 10.0. The fraction of sp³-hybridized carbons (Fsp3) is 0.250. The first-order chi connectivity index (χ1) is 9.24. The van der Waals surface area contributed by atoms with Gasteiger partial charge < -0.3 is 10.4 Å². The van der Waals surface area contributed by atoms with Crippen LogP contribution in [0, 0.1) is 0 Å². The lowest BCUT2D eigenvalue weighted by molar-refractivity contribution is -0.192. The molecule has 1 aromatic carbocycles. The number of hydrogen-bond donors (Lipinski definition) is 2. The fourth-order valence-corrected chi connectivity index (χ4v) is 1.52. The minimum atomic E-state index is -4.98. The number of aromatic nitrogens is 2. The van der Waals surface area contributed by atoms with Crippen molar-refractivity contribution in [3.05, 3.63) is 30.5 Å². The van der Waals surface area contributed by atoms with Crippen molar-refractivity contribution in [2.45, 2.75) is 18.6 Å². The van der Waals surface area contributed by atoms with Gasteiger partial charge in [0.25, 0.3) is 0 Å². The Bertz CT molecular complexity index is 660. The summed E-state index contributed by atoms with van der Waals surface area (Å²) in [6.07, 6.45) is -3.92. The van der Waals surface area contributed by atoms with Gasteiger partial charge >= 0.3 is 12.1 Å². The molecule has 0 fully saturated rings. The minimum absolute atomic E-state index is 0.258. The van der Waals surface area contributed by atoms with Crippen molar-refractivity contribution in [3.8, 4) is 0 Å². The minimum Gasteiger partial charge on any atom is -0.479 e. The van der Waals surface area contributed by atoms with Gasteiger partial charge in [-0.15, -0.1) is 0 Å². The van der Waals surface area contributed by atoms with Gasteiger partial charge in [0, 0.05) is 0 Å². The van der Waals surface area contributed by atoms with Gasteiger partial charge in [0.1, 0.15) is 5.82 Å². The standard InChI is InChI=1S/C12H10F3N3O2/c1-11(10(19)20,12(13,14)15)18-9-6-16-7-4-2-3-5-8(7)17-9/h2-6H,1H3,(H,17,18)(H,19,20). The van der Waals surface area contributed by atoms with E-state index < -0.39 is 17.7 Å². The highest BCUT2D eigenvalue weighted by molar-refractivity contribution is 5.83. The lowest BCUT2D eigenvalue weighted by Crippen LogP contribution is -2.55. The van der Waals surface area contributed by atoms with Crippen LogP contribution in [0.1, 0.15) is 6.92 Å². The maximum Gasteiger partial charge on any atom is 0.422 e. The second-order valence-electron chi connectivity index (χ2n) is 4.30. The molecule has 2 rings (SSSR count). The summed E-state index contributed by atoms with van der Waals surface area (Å²) in [5, 5.41) is 10.7. The molecular formula is C12H10F3N3O2. The highest BCUT2D eigenvalue weighted by Gasteiger charge is 2.57. The number of aliphatic carboxylic acids is 1. The van der Waals surface area contributed by atoms with Gasteiger partial charge in [-0.05, 0) is 19.1 Å². The van der Waals surface area contributed by atoms with Crippen molar-refractivity contribution >= 4 is 22.8 Å². The molecule has 0 aliphatic rings. The van der Waals surface area contributed by atoms with Crippen LogP contribution in [0.15, 0.2) is 30.5 Å². The van der Waals surface area contributed by atoms with Gasteiger partial charge in [-0.1, -0.05) is 12.1 Å². The molecule has 2 aromatic rings. The van der Waals surface area contributed by atoms with Crippen molar-refractivity contribution in [3.63, 3.8) is 0 Å². The third kappa shape index (κ3) is 2.36. The zero-order valence-corrected chi connectivity index (χ0v) is 10.3. The molecule has 0 saturated heterocycles. The molecule has 0 radical (unpaired) electrons. The predicted molar refractivity (Wildman–Crippen MR) is 65.3 cm³/mol. The third-order valence-corrected chi connectivity index (χ3v) is 2.82. The van der Waals surface area contributed by atoms with Crippen molar-refractivity contribution in [1.29, 1.82) is 0 Å². The van der Waals surface area contributed by atoms with Crippen molar-refractivity contribution in [1.82, 2.24) is 9.97 Å². The summed E-state index contributed by atoms with van der Waals surface area (Å²) >= 11 is 0. The molecule has 0 saturated carbocycles. The number of hydrogen-bond acceptors (Lipinski definition) is 4. The van der Waals surface area contributed by atoms with Gasteiger partial charge in [0.05, 0.1) is 17.2 Å². The molecule has 1 aromatic heterocycles. The third-order valence-electron chi connectivity index (χ3n) is 2.82. The van der Waals surface area contributed by atoms with Crippen molar-refractivity contribution in [2.24, 2.45) is 0 Å². The molecule has 0 aliphatic carbocycles. The number of carbonyl (C=O) groups is 1. The normalized spacial score (nSPS) is 14.8. The van der Waals surface area contributed by atoms with Crippen molar-refractivity contribution < 1.29 is 23.1 Å². The van der Waals surface area contributed by atoms with E-state index in [4.69, 9.17) is 5.11 Å². The molecule has 0 aliphatic heterocycles. The summed E-state index contributed by atoms with van der Waals surface area (Å²) < 4.78 is 38.6. The van der Waals surface area contributed by atoms with E-state index in [1.165, 1.54) is 0 Å². The Morgan fingerprint density at radius 1 is 1.25 bits per heavy atom. The lowest BCUT2D eigenvalue weighted by Gasteiger charge is -2.28. The first-order valence-corrected chi connectivity index (χ1v) is 5.54. The number of alkyl halides is 3. The summed E-state index contributed by atoms with van der Waals surface area (Å²) in [4.78, 5) is 18.7. The summed E-state index contributed by atoms with van der Waals surface area (Å²) in [5.41, 5.74) is -2.26. The Morgan fingerprint density at radius 2 is 1.85 bits per heavy atom. The predicted octanol–water partition coefficient (Wildman–Crippen LogP) is 2.45. The van der Waals surface area contributed by atoms with E-state index in [1.54, 1.807) is 24.3 Å². The van der Waals surface area contributed by atoms with E-state index in [0.717, 1.165) is 6.20 Å². The maximum absolute atomic E-state index is 12.9. The van der Waals surface area contributed by atoms with Crippen LogP contribution in [0.25, 0.3) is 11.0 Å². The number of nitrogens with zero attached hydrogens (tertiary/aromatic N) is 2. The Labute approximate surface area is 111 Å². The average molecular weight is 285 g/mol. The number of para-hydroxylation sites is 2. The van der Waals surface area contributed by atoms with E-state index in [-0.39, 0.29) is 5.82 Å². The number of carboxylic acid groups (broad SMARTS) is 1.